The van der Waals surface area contributed by atoms with Gasteiger partial charge in [-0.25, -0.2) is 8.78 Å². The Morgan fingerprint density at radius 2 is 1.73 bits per heavy atom. The normalized spacial score (nSPS) is 13.1. The minimum atomic E-state index is -2.10. The molecule has 0 aliphatic heterocycles. The van der Waals surface area contributed by atoms with E-state index in [2.05, 4.69) is 0 Å². The number of hydrogen-bond acceptors (Lipinski definition) is 2. The lowest BCUT2D eigenvalue weighted by molar-refractivity contribution is 0.519. The summed E-state index contributed by atoms with van der Waals surface area (Å²) < 4.78 is 35.7. The first-order valence-corrected chi connectivity index (χ1v) is 3.94. The number of halogens is 2. The van der Waals surface area contributed by atoms with E-state index in [1.165, 1.54) is 6.07 Å². The van der Waals surface area contributed by atoms with Gasteiger partial charge in [0.2, 0.25) is 4.90 Å². The molecular weight excluding hydrogens is 172 g/mol. The van der Waals surface area contributed by atoms with Gasteiger partial charge >= 0.3 is 0 Å². The van der Waals surface area contributed by atoms with Crippen LogP contribution in [0.2, 0.25) is 0 Å². The molecule has 0 radical (unpaired) electrons. The number of hydrogen-bond donors (Lipinski definition) is 1. The van der Waals surface area contributed by atoms with Gasteiger partial charge in [0.05, 0.1) is 11.4 Å². The van der Waals surface area contributed by atoms with Gasteiger partial charge in [0.25, 0.3) is 0 Å². The molecule has 0 fully saturated rings. The van der Waals surface area contributed by atoms with Gasteiger partial charge in [0.15, 0.2) is 11.6 Å². The first kappa shape index (κ1) is 8.45. The summed E-state index contributed by atoms with van der Waals surface area (Å²) in [5, 5.41) is 4.81. The van der Waals surface area contributed by atoms with Crippen molar-refractivity contribution in [2.75, 3.05) is 0 Å². The van der Waals surface area contributed by atoms with Crippen LogP contribution in [0.5, 0.6) is 0 Å². The lowest BCUT2D eigenvalue weighted by Crippen LogP contribution is -2.15. The molecule has 11 heavy (non-hydrogen) atoms. The molecule has 0 aliphatic rings. The molecule has 5 heteroatoms. The van der Waals surface area contributed by atoms with E-state index < -0.39 is 27.9 Å². The maximum absolute atomic E-state index is 12.6. The van der Waals surface area contributed by atoms with Crippen LogP contribution in [0.15, 0.2) is 23.1 Å². The Kier molecular flexibility index (Phi) is 2.43. The van der Waals surface area contributed by atoms with Crippen LogP contribution in [0.3, 0.4) is 0 Å². The number of rotatable bonds is 1. The van der Waals surface area contributed by atoms with Gasteiger partial charge in [-0.2, -0.15) is 0 Å². The Morgan fingerprint density at radius 3 is 2.00 bits per heavy atom. The Balaban J connectivity index is 3.21. The van der Waals surface area contributed by atoms with Crippen LogP contribution >= 0.6 is 0 Å². The fourth-order valence-electron chi connectivity index (χ4n) is 0.675. The predicted molar refractivity (Wildman–Crippen MR) is 37.0 cm³/mol. The Bertz CT molecular complexity index is 247. The molecule has 0 aliphatic carbocycles. The molecule has 0 saturated heterocycles. The molecule has 0 saturated carbocycles. The van der Waals surface area contributed by atoms with E-state index in [4.69, 9.17) is 5.14 Å². The third-order valence-electron chi connectivity index (χ3n) is 1.12. The largest absolute Gasteiger partial charge is 0.593 e. The monoisotopic (exact) mass is 177 g/mol. The van der Waals surface area contributed by atoms with Crippen molar-refractivity contribution in [2.24, 2.45) is 5.14 Å². The molecule has 1 aromatic rings. The van der Waals surface area contributed by atoms with Crippen molar-refractivity contribution in [1.82, 2.24) is 0 Å². The standard InChI is InChI=1S/C6H5F2NOS/c7-4-2-1-3-5(8)6(4)11(9)10/h1-3H,9H2. The van der Waals surface area contributed by atoms with Crippen LogP contribution in [0.1, 0.15) is 0 Å². The molecule has 0 amide bonds. The molecular formula is C6H5F2NOS. The van der Waals surface area contributed by atoms with Gasteiger partial charge in [-0.3, -0.25) is 0 Å². The van der Waals surface area contributed by atoms with Gasteiger partial charge in [-0.05, 0) is 12.1 Å². The molecule has 0 bridgehead atoms. The summed E-state index contributed by atoms with van der Waals surface area (Å²) in [7, 11) is 0. The van der Waals surface area contributed by atoms with E-state index in [0.29, 0.717) is 0 Å². The zero-order valence-corrected chi connectivity index (χ0v) is 6.20. The minimum absolute atomic E-state index is 0.576. The summed E-state index contributed by atoms with van der Waals surface area (Å²) in [5.41, 5.74) is 0. The first-order valence-electron chi connectivity index (χ1n) is 2.73. The van der Waals surface area contributed by atoms with Gasteiger partial charge in [-0.15, -0.1) is 5.14 Å². The van der Waals surface area contributed by atoms with Gasteiger partial charge < -0.3 is 4.55 Å². The highest BCUT2D eigenvalue weighted by Crippen LogP contribution is 2.15. The van der Waals surface area contributed by atoms with Crippen molar-refractivity contribution in [3.05, 3.63) is 29.8 Å². The number of benzene rings is 1. The topological polar surface area (TPSA) is 49.1 Å². The molecule has 0 heterocycles. The van der Waals surface area contributed by atoms with E-state index in [-0.39, 0.29) is 0 Å². The fraction of sp³-hybridized carbons (Fsp3) is 0. The van der Waals surface area contributed by atoms with Crippen LogP contribution in [-0.4, -0.2) is 4.55 Å². The van der Waals surface area contributed by atoms with Crippen LogP contribution in [-0.2, 0) is 11.4 Å². The smallest absolute Gasteiger partial charge is 0.244 e. The fourth-order valence-corrected chi connectivity index (χ4v) is 1.20. The average Bonchev–Trinajstić information content (AvgIpc) is 1.85. The molecule has 2 N–H and O–H groups in total. The van der Waals surface area contributed by atoms with Crippen LogP contribution < -0.4 is 5.14 Å². The van der Waals surface area contributed by atoms with Crippen molar-refractivity contribution in [3.8, 4) is 0 Å². The summed E-state index contributed by atoms with van der Waals surface area (Å²) in [6.45, 7) is 0. The summed E-state index contributed by atoms with van der Waals surface area (Å²) in [6.07, 6.45) is 0. The Labute approximate surface area is 65.3 Å². The lowest BCUT2D eigenvalue weighted by Gasteiger charge is -2.03. The van der Waals surface area contributed by atoms with E-state index >= 15 is 0 Å². The molecule has 60 valence electrons. The quantitative estimate of drug-likeness (QED) is 0.649. The molecule has 1 rings (SSSR count). The van der Waals surface area contributed by atoms with Crippen LogP contribution in [0, 0.1) is 11.6 Å². The summed E-state index contributed by atoms with van der Waals surface area (Å²) in [6, 6.07) is 3.19. The highest BCUT2D eigenvalue weighted by Gasteiger charge is 2.18. The van der Waals surface area contributed by atoms with Gasteiger partial charge in [-0.1, -0.05) is 6.07 Å². The first-order chi connectivity index (χ1) is 5.13. The average molecular weight is 177 g/mol. The van der Waals surface area contributed by atoms with Crippen molar-refractivity contribution in [3.63, 3.8) is 0 Å². The second-order valence-corrected chi connectivity index (χ2v) is 2.85. The van der Waals surface area contributed by atoms with E-state index in [1.807, 2.05) is 0 Å². The van der Waals surface area contributed by atoms with E-state index in [0.717, 1.165) is 12.1 Å². The van der Waals surface area contributed by atoms with Gasteiger partial charge in [0.1, 0.15) is 0 Å². The molecule has 1 aromatic carbocycles. The SMILES string of the molecule is N[S+]([O-])c1c(F)cccc1F. The van der Waals surface area contributed by atoms with Crippen molar-refractivity contribution >= 4 is 11.4 Å². The summed E-state index contributed by atoms with van der Waals surface area (Å²) in [4.78, 5) is -0.576. The van der Waals surface area contributed by atoms with Crippen molar-refractivity contribution in [2.45, 2.75) is 4.90 Å². The zero-order valence-electron chi connectivity index (χ0n) is 5.38. The second-order valence-electron chi connectivity index (χ2n) is 1.85. The zero-order chi connectivity index (χ0) is 8.43. The third kappa shape index (κ3) is 1.68. The molecule has 0 aromatic heterocycles. The van der Waals surface area contributed by atoms with Crippen molar-refractivity contribution in [1.29, 1.82) is 0 Å². The summed E-state index contributed by atoms with van der Waals surface area (Å²) in [5.74, 6) is -1.77. The molecule has 2 nitrogen and oxygen atoms in total. The minimum Gasteiger partial charge on any atom is -0.593 e. The number of nitrogens with two attached hydrogens (primary N) is 1. The van der Waals surface area contributed by atoms with E-state index in [1.54, 1.807) is 0 Å². The maximum atomic E-state index is 12.6. The highest BCUT2D eigenvalue weighted by molar-refractivity contribution is 7.89. The maximum Gasteiger partial charge on any atom is 0.244 e. The van der Waals surface area contributed by atoms with Crippen molar-refractivity contribution < 1.29 is 13.3 Å². The Morgan fingerprint density at radius 1 is 1.27 bits per heavy atom. The molecule has 1 atom stereocenters. The third-order valence-corrected chi connectivity index (χ3v) is 1.91. The predicted octanol–water partition coefficient (Wildman–Crippen LogP) is 0.946. The van der Waals surface area contributed by atoms with E-state index in [9.17, 15) is 13.3 Å². The molecule has 0 spiro atoms. The molecule has 1 unspecified atom stereocenters. The highest BCUT2D eigenvalue weighted by atomic mass is 32.2. The Hall–Kier alpha value is -0.650. The lowest BCUT2D eigenvalue weighted by atomic mass is 10.3. The van der Waals surface area contributed by atoms with Crippen LogP contribution in [0.25, 0.3) is 0 Å². The summed E-state index contributed by atoms with van der Waals surface area (Å²) >= 11 is -2.10. The second kappa shape index (κ2) is 3.17. The van der Waals surface area contributed by atoms with Crippen LogP contribution in [0.4, 0.5) is 8.78 Å². The van der Waals surface area contributed by atoms with Gasteiger partial charge in [0, 0.05) is 0 Å².